The van der Waals surface area contributed by atoms with Crippen LogP contribution in [0.25, 0.3) is 0 Å². The Morgan fingerprint density at radius 1 is 1.22 bits per heavy atom. The molecule has 3 N–H and O–H groups in total. The molecule has 0 heterocycles. The highest BCUT2D eigenvalue weighted by molar-refractivity contribution is 6.30. The molecule has 0 unspecified atom stereocenters. The van der Waals surface area contributed by atoms with Crippen LogP contribution in [0.15, 0.2) is 48.5 Å². The highest BCUT2D eigenvalue weighted by atomic mass is 35.5. The zero-order valence-corrected chi connectivity index (χ0v) is 13.6. The summed E-state index contributed by atoms with van der Waals surface area (Å²) >= 11 is 5.92. The van der Waals surface area contributed by atoms with E-state index in [0.717, 1.165) is 17.5 Å². The summed E-state index contributed by atoms with van der Waals surface area (Å²) in [5, 5.41) is 22.9. The minimum atomic E-state index is -0.924. The Morgan fingerprint density at radius 3 is 2.52 bits per heavy atom. The van der Waals surface area contributed by atoms with Gasteiger partial charge in [-0.15, -0.1) is 0 Å². The van der Waals surface area contributed by atoms with E-state index in [1.54, 1.807) is 24.3 Å². The molecule has 0 aliphatic heterocycles. The van der Waals surface area contributed by atoms with Gasteiger partial charge in [0.05, 0.1) is 11.7 Å². The van der Waals surface area contributed by atoms with Gasteiger partial charge in [0.15, 0.2) is 0 Å². The van der Waals surface area contributed by atoms with Crippen LogP contribution >= 0.6 is 11.6 Å². The van der Waals surface area contributed by atoms with Crippen LogP contribution in [0.5, 0.6) is 0 Å². The molecule has 122 valence electrons. The number of benzene rings is 2. The van der Waals surface area contributed by atoms with Gasteiger partial charge in [-0.25, -0.2) is 4.79 Å². The van der Waals surface area contributed by atoms with E-state index in [1.807, 2.05) is 31.2 Å². The van der Waals surface area contributed by atoms with Crippen molar-refractivity contribution in [3.63, 3.8) is 0 Å². The second kappa shape index (κ2) is 8.11. The van der Waals surface area contributed by atoms with Gasteiger partial charge in [0, 0.05) is 17.6 Å². The lowest BCUT2D eigenvalue weighted by Gasteiger charge is -2.18. The summed E-state index contributed by atoms with van der Waals surface area (Å²) in [4.78, 5) is 10.8. The van der Waals surface area contributed by atoms with Crippen LogP contribution in [0.4, 0.5) is 0 Å². The molecule has 2 rings (SSSR count). The van der Waals surface area contributed by atoms with Gasteiger partial charge in [-0.05, 0) is 48.7 Å². The molecule has 0 radical (unpaired) electrons. The van der Waals surface area contributed by atoms with Gasteiger partial charge >= 0.3 is 5.97 Å². The smallest absolute Gasteiger partial charge is 0.335 e. The van der Waals surface area contributed by atoms with Gasteiger partial charge in [-0.2, -0.15) is 0 Å². The number of carboxylic acids is 1. The first-order chi connectivity index (χ1) is 11.0. The molecule has 0 spiro atoms. The van der Waals surface area contributed by atoms with E-state index in [-0.39, 0.29) is 11.6 Å². The maximum atomic E-state index is 10.8. The Bertz CT molecular complexity index is 658. The van der Waals surface area contributed by atoms with E-state index >= 15 is 0 Å². The molecule has 0 fully saturated rings. The van der Waals surface area contributed by atoms with Gasteiger partial charge in [0.25, 0.3) is 0 Å². The van der Waals surface area contributed by atoms with Gasteiger partial charge in [0.2, 0.25) is 0 Å². The van der Waals surface area contributed by atoms with Crippen molar-refractivity contribution in [2.45, 2.75) is 25.5 Å². The fourth-order valence-electron chi connectivity index (χ4n) is 2.35. The van der Waals surface area contributed by atoms with Crippen LogP contribution in [-0.2, 0) is 6.42 Å². The predicted octanol–water partition coefficient (Wildman–Crippen LogP) is 3.29. The van der Waals surface area contributed by atoms with Gasteiger partial charge in [-0.3, -0.25) is 0 Å². The van der Waals surface area contributed by atoms with E-state index in [2.05, 4.69) is 5.32 Å². The SMILES string of the molecule is C[C@H](Cc1ccc(C(=O)O)cc1)NC[C@H](O)c1cccc(Cl)c1. The molecule has 0 aliphatic rings. The van der Waals surface area contributed by atoms with Crippen molar-refractivity contribution in [3.8, 4) is 0 Å². The lowest BCUT2D eigenvalue weighted by molar-refractivity contribution is 0.0697. The Balaban J connectivity index is 1.84. The third-order valence-electron chi connectivity index (χ3n) is 3.64. The van der Waals surface area contributed by atoms with Crippen LogP contribution in [0.1, 0.15) is 34.5 Å². The lowest BCUT2D eigenvalue weighted by Crippen LogP contribution is -2.32. The van der Waals surface area contributed by atoms with Crippen molar-refractivity contribution < 1.29 is 15.0 Å². The van der Waals surface area contributed by atoms with Crippen molar-refractivity contribution in [1.82, 2.24) is 5.32 Å². The fourth-order valence-corrected chi connectivity index (χ4v) is 2.55. The third kappa shape index (κ3) is 5.36. The number of aromatic carboxylic acids is 1. The Labute approximate surface area is 140 Å². The monoisotopic (exact) mass is 333 g/mol. The zero-order chi connectivity index (χ0) is 16.8. The second-order valence-electron chi connectivity index (χ2n) is 5.59. The maximum absolute atomic E-state index is 10.8. The highest BCUT2D eigenvalue weighted by Crippen LogP contribution is 2.17. The summed E-state index contributed by atoms with van der Waals surface area (Å²) in [5.74, 6) is -0.924. The molecular formula is C18H20ClNO3. The summed E-state index contributed by atoms with van der Waals surface area (Å²) in [7, 11) is 0. The van der Waals surface area contributed by atoms with E-state index in [0.29, 0.717) is 11.6 Å². The summed E-state index contributed by atoms with van der Waals surface area (Å²) in [6.45, 7) is 2.45. The third-order valence-corrected chi connectivity index (χ3v) is 3.87. The number of aliphatic hydroxyl groups is 1. The Hall–Kier alpha value is -1.88. The van der Waals surface area contributed by atoms with Gasteiger partial charge in [-0.1, -0.05) is 35.9 Å². The molecule has 2 atom stereocenters. The molecule has 0 bridgehead atoms. The number of aliphatic hydroxyl groups excluding tert-OH is 1. The zero-order valence-electron chi connectivity index (χ0n) is 12.9. The number of carbonyl (C=O) groups is 1. The van der Waals surface area contributed by atoms with E-state index in [4.69, 9.17) is 16.7 Å². The van der Waals surface area contributed by atoms with Crippen LogP contribution < -0.4 is 5.32 Å². The number of hydrogen-bond acceptors (Lipinski definition) is 3. The van der Waals surface area contributed by atoms with Gasteiger partial charge in [0.1, 0.15) is 0 Å². The number of carboxylic acid groups (broad SMARTS) is 1. The Morgan fingerprint density at radius 2 is 1.91 bits per heavy atom. The molecule has 4 nitrogen and oxygen atoms in total. The fraction of sp³-hybridized carbons (Fsp3) is 0.278. The number of hydrogen-bond donors (Lipinski definition) is 3. The van der Waals surface area contributed by atoms with Crippen LogP contribution in [0, 0.1) is 0 Å². The van der Waals surface area contributed by atoms with E-state index < -0.39 is 12.1 Å². The van der Waals surface area contributed by atoms with Crippen molar-refractivity contribution in [2.24, 2.45) is 0 Å². The molecule has 23 heavy (non-hydrogen) atoms. The molecular weight excluding hydrogens is 314 g/mol. The minimum Gasteiger partial charge on any atom is -0.478 e. The number of rotatable bonds is 7. The van der Waals surface area contributed by atoms with Crippen molar-refractivity contribution in [2.75, 3.05) is 6.54 Å². The summed E-state index contributed by atoms with van der Waals surface area (Å²) in [5.41, 5.74) is 2.11. The topological polar surface area (TPSA) is 69.6 Å². The summed E-state index contributed by atoms with van der Waals surface area (Å²) in [6, 6.07) is 14.2. The normalized spacial score (nSPS) is 13.5. The molecule has 0 saturated heterocycles. The molecule has 2 aromatic rings. The van der Waals surface area contributed by atoms with E-state index in [1.165, 1.54) is 0 Å². The minimum absolute atomic E-state index is 0.152. The van der Waals surface area contributed by atoms with Crippen LogP contribution in [0.3, 0.4) is 0 Å². The number of halogens is 1. The maximum Gasteiger partial charge on any atom is 0.335 e. The highest BCUT2D eigenvalue weighted by Gasteiger charge is 2.11. The lowest BCUT2D eigenvalue weighted by atomic mass is 10.0. The molecule has 0 aliphatic carbocycles. The van der Waals surface area contributed by atoms with Crippen molar-refractivity contribution >= 4 is 17.6 Å². The standard InChI is InChI=1S/C18H20ClNO3/c1-12(9-13-5-7-14(8-6-13)18(22)23)20-11-17(21)15-3-2-4-16(19)10-15/h2-8,10,12,17,20-21H,9,11H2,1H3,(H,22,23)/t12-,17+/m1/s1. The average Bonchev–Trinajstić information content (AvgIpc) is 2.53. The second-order valence-corrected chi connectivity index (χ2v) is 6.02. The Kier molecular flexibility index (Phi) is 6.16. The van der Waals surface area contributed by atoms with Gasteiger partial charge < -0.3 is 15.5 Å². The first-order valence-corrected chi connectivity index (χ1v) is 7.82. The summed E-state index contributed by atoms with van der Waals surface area (Å²) < 4.78 is 0. The first-order valence-electron chi connectivity index (χ1n) is 7.45. The molecule has 5 heteroatoms. The van der Waals surface area contributed by atoms with Crippen LogP contribution in [0.2, 0.25) is 5.02 Å². The number of nitrogens with one attached hydrogen (secondary N) is 1. The largest absolute Gasteiger partial charge is 0.478 e. The van der Waals surface area contributed by atoms with E-state index in [9.17, 15) is 9.90 Å². The van der Waals surface area contributed by atoms with Crippen LogP contribution in [-0.4, -0.2) is 28.8 Å². The molecule has 0 amide bonds. The quantitative estimate of drug-likeness (QED) is 0.727. The molecule has 0 saturated carbocycles. The summed E-state index contributed by atoms with van der Waals surface area (Å²) in [6.07, 6.45) is 0.132. The first kappa shape index (κ1) is 17.5. The molecule has 2 aromatic carbocycles. The average molecular weight is 334 g/mol. The van der Waals surface area contributed by atoms with Crippen molar-refractivity contribution in [3.05, 3.63) is 70.2 Å². The predicted molar refractivity (Wildman–Crippen MR) is 91.0 cm³/mol. The van der Waals surface area contributed by atoms with Crippen molar-refractivity contribution in [1.29, 1.82) is 0 Å². The molecule has 0 aromatic heterocycles.